The van der Waals surface area contributed by atoms with E-state index in [0.29, 0.717) is 12.6 Å². The minimum Gasteiger partial charge on any atom is -0.480 e. The Labute approximate surface area is 131 Å². The van der Waals surface area contributed by atoms with Crippen molar-refractivity contribution >= 4 is 47.4 Å². The number of nitrogens with zero attached hydrogens (tertiary/aromatic N) is 2. The quantitative estimate of drug-likeness (QED) is 0.326. The van der Waals surface area contributed by atoms with Crippen LogP contribution in [-0.2, 0) is 14.4 Å². The molecule has 2 unspecified atom stereocenters. The molecule has 0 bridgehead atoms. The molecule has 2 atom stereocenters. The Morgan fingerprint density at radius 2 is 2.00 bits per heavy atom. The minimum atomic E-state index is -1.19. The molecule has 0 spiro atoms. The second-order valence-electron chi connectivity index (χ2n) is 4.15. The van der Waals surface area contributed by atoms with Crippen LogP contribution in [0.4, 0.5) is 0 Å². The van der Waals surface area contributed by atoms with Crippen molar-refractivity contribution in [2.75, 3.05) is 18.3 Å². The second-order valence-corrected chi connectivity index (χ2v) is 6.18. The summed E-state index contributed by atoms with van der Waals surface area (Å²) in [6, 6.07) is -1.13. The summed E-state index contributed by atoms with van der Waals surface area (Å²) < 4.78 is 0. The first kappa shape index (κ1) is 19.7. The van der Waals surface area contributed by atoms with Gasteiger partial charge in [-0.1, -0.05) is 0 Å². The molecule has 0 aromatic rings. The minimum absolute atomic E-state index is 0.0461. The molecule has 0 rings (SSSR count). The number of carboxylic acid groups (broad SMARTS) is 1. The Bertz CT molecular complexity index is 425. The lowest BCUT2D eigenvalue weighted by molar-refractivity contribution is -0.142. The van der Waals surface area contributed by atoms with Crippen LogP contribution in [0.3, 0.4) is 0 Å². The van der Waals surface area contributed by atoms with Crippen molar-refractivity contribution in [1.29, 1.82) is 0 Å². The van der Waals surface area contributed by atoms with E-state index < -0.39 is 17.8 Å². The predicted octanol–water partition coefficient (Wildman–Crippen LogP) is 0.690. The smallest absolute Gasteiger partial charge is 0.326 e. The monoisotopic (exact) mass is 333 g/mol. The number of ketones is 1. The Hall–Kier alpha value is -1.31. The van der Waals surface area contributed by atoms with Gasteiger partial charge in [0.15, 0.2) is 0 Å². The zero-order valence-corrected chi connectivity index (χ0v) is 13.6. The molecule has 9 heteroatoms. The molecule has 7 nitrogen and oxygen atoms in total. The van der Waals surface area contributed by atoms with Gasteiger partial charge in [-0.3, -0.25) is 9.59 Å². The van der Waals surface area contributed by atoms with Gasteiger partial charge in [0.1, 0.15) is 6.04 Å². The van der Waals surface area contributed by atoms with Crippen molar-refractivity contribution in [1.82, 2.24) is 5.32 Å². The second kappa shape index (κ2) is 11.4. The Kier molecular flexibility index (Phi) is 10.7. The topological polar surface area (TPSA) is 120 Å². The summed E-state index contributed by atoms with van der Waals surface area (Å²) in [6.07, 6.45) is 4.93. The molecular formula is C12H19N3O4S2. The number of carbonyl (C=O) groups excluding carboxylic acids is 2. The Balaban J connectivity index is 4.54. The van der Waals surface area contributed by atoms with Crippen LogP contribution in [0.15, 0.2) is 0 Å². The Morgan fingerprint density at radius 3 is 2.48 bits per heavy atom. The van der Waals surface area contributed by atoms with E-state index in [1.54, 1.807) is 18.0 Å². The average molecular weight is 333 g/mol. The van der Waals surface area contributed by atoms with E-state index in [4.69, 9.17) is 10.6 Å². The number of Topliss-reactive ketones (excluding diaryl/α,β-unsaturated/α-hetero) is 1. The molecule has 2 N–H and O–H groups in total. The van der Waals surface area contributed by atoms with Gasteiger partial charge in [-0.15, -0.1) is 0 Å². The lowest BCUT2D eigenvalue weighted by Gasteiger charge is -2.18. The van der Waals surface area contributed by atoms with Crippen LogP contribution < -0.4 is 5.32 Å². The number of hydrogen-bond acceptors (Lipinski definition) is 5. The van der Waals surface area contributed by atoms with Crippen molar-refractivity contribution in [2.24, 2.45) is 0 Å². The SMILES string of the molecule is CSCCC(SC)C(=O)NC(CCC(=O)C=[N+]=[N-])C(=O)O. The van der Waals surface area contributed by atoms with E-state index in [1.165, 1.54) is 11.8 Å². The van der Waals surface area contributed by atoms with Crippen LogP contribution in [-0.4, -0.2) is 63.3 Å². The fraction of sp³-hybridized carbons (Fsp3) is 0.667. The molecule has 0 aromatic carbocycles. The summed E-state index contributed by atoms with van der Waals surface area (Å²) in [7, 11) is 0. The van der Waals surface area contributed by atoms with Gasteiger partial charge >= 0.3 is 12.2 Å². The predicted molar refractivity (Wildman–Crippen MR) is 83.8 cm³/mol. The number of nitrogens with one attached hydrogen (secondary N) is 1. The van der Waals surface area contributed by atoms with E-state index >= 15 is 0 Å². The highest BCUT2D eigenvalue weighted by Gasteiger charge is 2.25. The molecular weight excluding hydrogens is 314 g/mol. The van der Waals surface area contributed by atoms with Crippen LogP contribution >= 0.6 is 23.5 Å². The third-order valence-corrected chi connectivity index (χ3v) is 4.32. The molecule has 0 fully saturated rings. The molecule has 118 valence electrons. The largest absolute Gasteiger partial charge is 0.480 e. The fourth-order valence-electron chi connectivity index (χ4n) is 1.52. The highest BCUT2D eigenvalue weighted by molar-refractivity contribution is 8.00. The number of carboxylic acids is 1. The lowest BCUT2D eigenvalue weighted by atomic mass is 10.1. The summed E-state index contributed by atoms with van der Waals surface area (Å²) in [5.74, 6) is -1.22. The molecule has 1 amide bonds. The highest BCUT2D eigenvalue weighted by atomic mass is 32.2. The number of thioether (sulfide) groups is 2. The molecule has 0 aliphatic rings. The van der Waals surface area contributed by atoms with Crippen LogP contribution in [0.2, 0.25) is 0 Å². The number of hydrogen-bond donors (Lipinski definition) is 2. The molecule has 0 radical (unpaired) electrons. The van der Waals surface area contributed by atoms with Crippen LogP contribution in [0.1, 0.15) is 19.3 Å². The first-order valence-electron chi connectivity index (χ1n) is 6.21. The summed E-state index contributed by atoms with van der Waals surface area (Å²) >= 11 is 2.98. The molecule has 0 aliphatic heterocycles. The average Bonchev–Trinajstić information content (AvgIpc) is 2.44. The summed E-state index contributed by atoms with van der Waals surface area (Å²) in [4.78, 5) is 36.9. The van der Waals surface area contributed by atoms with Crippen molar-refractivity contribution in [3.8, 4) is 0 Å². The van der Waals surface area contributed by atoms with Gasteiger partial charge in [-0.2, -0.15) is 28.3 Å². The van der Waals surface area contributed by atoms with Gasteiger partial charge in [0.2, 0.25) is 11.7 Å². The van der Waals surface area contributed by atoms with Gasteiger partial charge in [0, 0.05) is 6.42 Å². The normalized spacial score (nSPS) is 12.9. The molecule has 21 heavy (non-hydrogen) atoms. The van der Waals surface area contributed by atoms with E-state index in [0.717, 1.165) is 5.75 Å². The third-order valence-electron chi connectivity index (χ3n) is 2.66. The Morgan fingerprint density at radius 1 is 1.33 bits per heavy atom. The zero-order chi connectivity index (χ0) is 16.3. The van der Waals surface area contributed by atoms with Gasteiger partial charge in [-0.05, 0) is 31.1 Å². The third kappa shape index (κ3) is 8.54. The maximum atomic E-state index is 12.0. The first-order chi connectivity index (χ1) is 9.96. The maximum absolute atomic E-state index is 12.0. The van der Waals surface area contributed by atoms with Crippen molar-refractivity contribution in [2.45, 2.75) is 30.6 Å². The van der Waals surface area contributed by atoms with Crippen molar-refractivity contribution in [3.05, 3.63) is 5.53 Å². The number of aliphatic carboxylic acids is 1. The molecule has 0 aliphatic carbocycles. The van der Waals surface area contributed by atoms with E-state index in [2.05, 4.69) is 10.1 Å². The van der Waals surface area contributed by atoms with Gasteiger partial charge in [0.25, 0.3) is 0 Å². The van der Waals surface area contributed by atoms with Crippen LogP contribution in [0.5, 0.6) is 0 Å². The molecule has 0 heterocycles. The van der Waals surface area contributed by atoms with E-state index in [-0.39, 0.29) is 24.0 Å². The van der Waals surface area contributed by atoms with Crippen molar-refractivity contribution < 1.29 is 24.3 Å². The number of rotatable bonds is 11. The van der Waals surface area contributed by atoms with E-state index in [9.17, 15) is 14.4 Å². The van der Waals surface area contributed by atoms with Crippen LogP contribution in [0.25, 0.3) is 5.53 Å². The fourth-order valence-corrected chi connectivity index (χ4v) is 2.77. The molecule has 0 saturated carbocycles. The highest BCUT2D eigenvalue weighted by Crippen LogP contribution is 2.14. The first-order valence-corrected chi connectivity index (χ1v) is 8.89. The molecule has 0 saturated heterocycles. The standard InChI is InChI=1S/C12H19N3O4S2/c1-20-6-5-10(21-2)11(17)15-9(12(18)19)4-3-8(16)7-14-13/h7,9-10H,3-6H2,1-2H3,(H,15,17)(H,18,19). The zero-order valence-electron chi connectivity index (χ0n) is 11.9. The van der Waals surface area contributed by atoms with Gasteiger partial charge in [0.05, 0.1) is 5.25 Å². The van der Waals surface area contributed by atoms with Crippen molar-refractivity contribution in [3.63, 3.8) is 0 Å². The summed E-state index contributed by atoms with van der Waals surface area (Å²) in [5.41, 5.74) is 8.20. The molecule has 0 aromatic heterocycles. The van der Waals surface area contributed by atoms with Gasteiger partial charge in [-0.25, -0.2) is 4.79 Å². The number of carbonyl (C=O) groups is 3. The number of amides is 1. The van der Waals surface area contributed by atoms with Gasteiger partial charge < -0.3 is 16.0 Å². The lowest BCUT2D eigenvalue weighted by Crippen LogP contribution is -2.45. The summed E-state index contributed by atoms with van der Waals surface area (Å²) in [6.45, 7) is 0. The van der Waals surface area contributed by atoms with E-state index in [1.807, 2.05) is 6.26 Å². The summed E-state index contributed by atoms with van der Waals surface area (Å²) in [5, 5.41) is 11.2. The maximum Gasteiger partial charge on any atom is 0.326 e. The van der Waals surface area contributed by atoms with Crippen LogP contribution in [0, 0.1) is 0 Å².